The van der Waals surface area contributed by atoms with Crippen molar-refractivity contribution in [2.24, 2.45) is 11.8 Å². The molecular formula is C22H28N2O5. The summed E-state index contributed by atoms with van der Waals surface area (Å²) in [7, 11) is 0. The van der Waals surface area contributed by atoms with Crippen molar-refractivity contribution in [2.75, 3.05) is 19.8 Å². The van der Waals surface area contributed by atoms with Gasteiger partial charge < -0.3 is 14.8 Å². The van der Waals surface area contributed by atoms with Crippen LogP contribution in [0.2, 0.25) is 0 Å². The fourth-order valence-electron chi connectivity index (χ4n) is 4.51. The molecule has 4 rings (SSSR count). The van der Waals surface area contributed by atoms with Gasteiger partial charge in [0.05, 0.1) is 31.1 Å². The van der Waals surface area contributed by atoms with Crippen molar-refractivity contribution in [1.82, 2.24) is 10.2 Å². The zero-order valence-corrected chi connectivity index (χ0v) is 16.8. The van der Waals surface area contributed by atoms with Crippen LogP contribution in [0.3, 0.4) is 0 Å². The average Bonchev–Trinajstić information content (AvgIpc) is 2.88. The normalized spacial score (nSPS) is 24.7. The van der Waals surface area contributed by atoms with Gasteiger partial charge in [0, 0.05) is 19.4 Å². The topological polar surface area (TPSA) is 84.9 Å². The molecule has 1 saturated heterocycles. The third-order valence-corrected chi connectivity index (χ3v) is 6.14. The van der Waals surface area contributed by atoms with E-state index >= 15 is 0 Å². The summed E-state index contributed by atoms with van der Waals surface area (Å²) in [5.41, 5.74) is 0.918. The minimum Gasteiger partial charge on any atom is -0.490 e. The molecule has 7 heteroatoms. The highest BCUT2D eigenvalue weighted by molar-refractivity contribution is 6.05. The molecule has 3 amide bonds. The fourth-order valence-corrected chi connectivity index (χ4v) is 4.51. The minimum atomic E-state index is -0.216. The lowest BCUT2D eigenvalue weighted by atomic mass is 9.81. The number of imide groups is 1. The van der Waals surface area contributed by atoms with Crippen molar-refractivity contribution >= 4 is 17.7 Å². The number of amides is 3. The third-order valence-electron chi connectivity index (χ3n) is 6.14. The molecule has 7 nitrogen and oxygen atoms in total. The Kier molecular flexibility index (Phi) is 5.74. The summed E-state index contributed by atoms with van der Waals surface area (Å²) in [5, 5.41) is 2.95. The Balaban J connectivity index is 1.32. The van der Waals surface area contributed by atoms with E-state index in [0.717, 1.165) is 43.4 Å². The van der Waals surface area contributed by atoms with E-state index in [0.29, 0.717) is 19.0 Å². The summed E-state index contributed by atoms with van der Waals surface area (Å²) in [4.78, 5) is 38.8. The highest BCUT2D eigenvalue weighted by Crippen LogP contribution is 2.38. The quantitative estimate of drug-likeness (QED) is 0.768. The summed E-state index contributed by atoms with van der Waals surface area (Å²) in [5.74, 6) is 0.710. The number of hydrogen-bond donors (Lipinski definition) is 1. The Bertz CT molecular complexity index is 784. The number of likely N-dealkylation sites (tertiary alicyclic amines) is 1. The molecule has 0 aromatic heterocycles. The predicted molar refractivity (Wildman–Crippen MR) is 105 cm³/mol. The first-order chi connectivity index (χ1) is 14.0. The largest absolute Gasteiger partial charge is 0.490 e. The van der Waals surface area contributed by atoms with Crippen LogP contribution in [0.15, 0.2) is 18.2 Å². The lowest BCUT2D eigenvalue weighted by molar-refractivity contribution is -0.140. The first-order valence-corrected chi connectivity index (χ1v) is 10.6. The second-order valence-electron chi connectivity index (χ2n) is 8.12. The van der Waals surface area contributed by atoms with Crippen LogP contribution < -0.4 is 14.8 Å². The number of carbonyl (C=O) groups excluding carboxylic acids is 3. The fraction of sp³-hybridized carbons (Fsp3) is 0.591. The molecule has 0 spiro atoms. The zero-order valence-electron chi connectivity index (χ0n) is 16.8. The van der Waals surface area contributed by atoms with Crippen LogP contribution in [-0.4, -0.2) is 42.4 Å². The predicted octanol–water partition coefficient (Wildman–Crippen LogP) is 2.59. The van der Waals surface area contributed by atoms with Crippen molar-refractivity contribution in [1.29, 1.82) is 0 Å². The van der Waals surface area contributed by atoms with Gasteiger partial charge in [-0.1, -0.05) is 18.9 Å². The number of hydrogen-bond acceptors (Lipinski definition) is 5. The molecule has 2 fully saturated rings. The monoisotopic (exact) mass is 400 g/mol. The van der Waals surface area contributed by atoms with Crippen molar-refractivity contribution in [2.45, 2.75) is 51.5 Å². The smallest absolute Gasteiger partial charge is 0.233 e. The number of nitrogens with zero attached hydrogens (tertiary/aromatic N) is 1. The van der Waals surface area contributed by atoms with Crippen molar-refractivity contribution in [3.63, 3.8) is 0 Å². The van der Waals surface area contributed by atoms with Crippen LogP contribution in [-0.2, 0) is 14.4 Å². The number of nitrogens with one attached hydrogen (secondary N) is 1. The number of fused-ring (bicyclic) bond motifs is 2. The van der Waals surface area contributed by atoms with Gasteiger partial charge in [-0.15, -0.1) is 0 Å². The Morgan fingerprint density at radius 3 is 2.41 bits per heavy atom. The zero-order chi connectivity index (χ0) is 20.4. The molecule has 1 saturated carbocycles. The third kappa shape index (κ3) is 4.09. The summed E-state index contributed by atoms with van der Waals surface area (Å²) in [6.45, 7) is 3.30. The summed E-state index contributed by atoms with van der Waals surface area (Å²) in [6.07, 6.45) is 4.54. The summed E-state index contributed by atoms with van der Waals surface area (Å²) in [6, 6.07) is 5.45. The molecule has 156 valence electrons. The molecule has 3 aliphatic rings. The molecule has 2 aliphatic heterocycles. The minimum absolute atomic E-state index is 0.0940. The number of rotatable bonds is 5. The van der Waals surface area contributed by atoms with Gasteiger partial charge in [-0.05, 0) is 37.5 Å². The van der Waals surface area contributed by atoms with Gasteiger partial charge in [-0.2, -0.15) is 0 Å². The van der Waals surface area contributed by atoms with Gasteiger partial charge in [0.25, 0.3) is 0 Å². The maximum Gasteiger partial charge on any atom is 0.233 e. The highest BCUT2D eigenvalue weighted by Gasteiger charge is 2.47. The molecule has 2 heterocycles. The van der Waals surface area contributed by atoms with Gasteiger partial charge in [-0.25, -0.2) is 0 Å². The Morgan fingerprint density at radius 2 is 1.72 bits per heavy atom. The SMILES string of the molecule is C[C@H](NC(=O)CCN1C(=O)[C@H]2CCCC[C@@H]2C1=O)c1ccc2c(c1)OCCCO2. The molecular weight excluding hydrogens is 372 g/mol. The van der Waals surface area contributed by atoms with Crippen molar-refractivity contribution in [3.05, 3.63) is 23.8 Å². The van der Waals surface area contributed by atoms with E-state index in [2.05, 4.69) is 5.32 Å². The van der Waals surface area contributed by atoms with Gasteiger partial charge in [0.15, 0.2) is 11.5 Å². The van der Waals surface area contributed by atoms with Crippen LogP contribution in [0.5, 0.6) is 11.5 Å². The number of carbonyl (C=O) groups is 3. The standard InChI is InChI=1S/C22H28N2O5/c1-14(15-7-8-18-19(13-15)29-12-4-11-28-18)23-20(25)9-10-24-21(26)16-5-2-3-6-17(16)22(24)27/h7-8,13-14,16-17H,2-6,9-12H2,1H3,(H,23,25)/t14-,16-,17-/m0/s1. The van der Waals surface area contributed by atoms with E-state index in [4.69, 9.17) is 9.47 Å². The van der Waals surface area contributed by atoms with E-state index in [9.17, 15) is 14.4 Å². The second-order valence-corrected chi connectivity index (χ2v) is 8.12. The molecule has 0 bridgehead atoms. The van der Waals surface area contributed by atoms with Gasteiger partial charge in [-0.3, -0.25) is 19.3 Å². The summed E-state index contributed by atoms with van der Waals surface area (Å²) < 4.78 is 11.3. The molecule has 1 aromatic carbocycles. The maximum absolute atomic E-state index is 12.5. The van der Waals surface area contributed by atoms with Crippen LogP contribution in [0.4, 0.5) is 0 Å². The van der Waals surface area contributed by atoms with Crippen LogP contribution in [0, 0.1) is 11.8 Å². The highest BCUT2D eigenvalue weighted by atomic mass is 16.5. The molecule has 1 aliphatic carbocycles. The van der Waals surface area contributed by atoms with E-state index in [-0.39, 0.29) is 48.6 Å². The van der Waals surface area contributed by atoms with Crippen LogP contribution >= 0.6 is 0 Å². The number of ether oxygens (including phenoxy) is 2. The first kappa shape index (κ1) is 19.7. The van der Waals surface area contributed by atoms with E-state index in [1.54, 1.807) is 0 Å². The van der Waals surface area contributed by atoms with Crippen molar-refractivity contribution in [3.8, 4) is 11.5 Å². The molecule has 1 N–H and O–H groups in total. The van der Waals surface area contributed by atoms with Crippen LogP contribution in [0.1, 0.15) is 57.1 Å². The van der Waals surface area contributed by atoms with Crippen LogP contribution in [0.25, 0.3) is 0 Å². The lowest BCUT2D eigenvalue weighted by Gasteiger charge is -2.19. The Hall–Kier alpha value is -2.57. The van der Waals surface area contributed by atoms with E-state index in [1.165, 1.54) is 4.90 Å². The van der Waals surface area contributed by atoms with E-state index in [1.807, 2.05) is 25.1 Å². The second kappa shape index (κ2) is 8.43. The lowest BCUT2D eigenvalue weighted by Crippen LogP contribution is -2.36. The Morgan fingerprint density at radius 1 is 1.07 bits per heavy atom. The average molecular weight is 400 g/mol. The maximum atomic E-state index is 12.5. The molecule has 3 atom stereocenters. The summed E-state index contributed by atoms with van der Waals surface area (Å²) >= 11 is 0. The van der Waals surface area contributed by atoms with Gasteiger partial charge in [0.2, 0.25) is 17.7 Å². The molecule has 0 radical (unpaired) electrons. The molecule has 1 aromatic rings. The van der Waals surface area contributed by atoms with E-state index < -0.39 is 0 Å². The van der Waals surface area contributed by atoms with Crippen molar-refractivity contribution < 1.29 is 23.9 Å². The molecule has 29 heavy (non-hydrogen) atoms. The molecule has 0 unspecified atom stereocenters. The van der Waals surface area contributed by atoms with Gasteiger partial charge >= 0.3 is 0 Å². The Labute approximate surface area is 170 Å². The van der Waals surface area contributed by atoms with Gasteiger partial charge in [0.1, 0.15) is 0 Å². The number of benzene rings is 1. The first-order valence-electron chi connectivity index (χ1n) is 10.6.